The first-order chi connectivity index (χ1) is 10.1. The summed E-state index contributed by atoms with van der Waals surface area (Å²) in [6.45, 7) is 9.51. The molecule has 1 N–H and O–H groups in total. The highest BCUT2D eigenvalue weighted by molar-refractivity contribution is 5.19. The summed E-state index contributed by atoms with van der Waals surface area (Å²) in [4.78, 5) is 2.45. The highest BCUT2D eigenvalue weighted by Gasteiger charge is 2.24. The Hall–Kier alpha value is -0.860. The van der Waals surface area contributed by atoms with Gasteiger partial charge in [0.15, 0.2) is 0 Å². The molecule has 21 heavy (non-hydrogen) atoms. The molecule has 2 heteroatoms. The largest absolute Gasteiger partial charge is 0.307 e. The van der Waals surface area contributed by atoms with E-state index in [-0.39, 0.29) is 0 Å². The Morgan fingerprint density at radius 3 is 2.29 bits per heavy atom. The van der Waals surface area contributed by atoms with Crippen LogP contribution in [0.1, 0.15) is 51.6 Å². The van der Waals surface area contributed by atoms with E-state index in [4.69, 9.17) is 0 Å². The molecule has 0 saturated carbocycles. The zero-order valence-electron chi connectivity index (χ0n) is 14.2. The molecule has 2 nitrogen and oxygen atoms in total. The fourth-order valence-corrected chi connectivity index (χ4v) is 3.44. The van der Waals surface area contributed by atoms with E-state index in [0.717, 1.165) is 5.92 Å². The average Bonchev–Trinajstić information content (AvgIpc) is 2.47. The summed E-state index contributed by atoms with van der Waals surface area (Å²) in [5, 5.41) is 3.93. The minimum atomic E-state index is 0.487. The monoisotopic (exact) mass is 288 g/mol. The van der Waals surface area contributed by atoms with E-state index in [1.807, 2.05) is 0 Å². The van der Waals surface area contributed by atoms with Crippen LogP contribution in [0.2, 0.25) is 0 Å². The van der Waals surface area contributed by atoms with Gasteiger partial charge in [-0.25, -0.2) is 0 Å². The molecule has 118 valence electrons. The number of hydrogen-bond acceptors (Lipinski definition) is 2. The third kappa shape index (κ3) is 5.12. The Balaban J connectivity index is 1.98. The van der Waals surface area contributed by atoms with Crippen molar-refractivity contribution in [3.05, 3.63) is 35.9 Å². The van der Waals surface area contributed by atoms with Gasteiger partial charge in [-0.05, 0) is 63.7 Å². The van der Waals surface area contributed by atoms with Crippen LogP contribution >= 0.6 is 0 Å². The lowest BCUT2D eigenvalue weighted by Gasteiger charge is -2.35. The molecule has 1 aliphatic rings. The van der Waals surface area contributed by atoms with Crippen LogP contribution < -0.4 is 5.32 Å². The van der Waals surface area contributed by atoms with Crippen molar-refractivity contribution < 1.29 is 0 Å². The number of piperidine rings is 1. The molecule has 0 aromatic heterocycles. The highest BCUT2D eigenvalue weighted by atomic mass is 15.1. The molecule has 1 aromatic carbocycles. The number of rotatable bonds is 6. The van der Waals surface area contributed by atoms with Crippen molar-refractivity contribution in [2.45, 2.75) is 52.1 Å². The van der Waals surface area contributed by atoms with Gasteiger partial charge in [-0.3, -0.25) is 0 Å². The Morgan fingerprint density at radius 1 is 1.10 bits per heavy atom. The van der Waals surface area contributed by atoms with Crippen molar-refractivity contribution >= 4 is 0 Å². The standard InChI is InChI=1S/C19H32N2/c1-15(2)14-19(18-8-6-5-7-9-18)20-16(3)17-10-12-21(4)13-11-17/h5-9,15-17,19-20H,10-14H2,1-4H3. The van der Waals surface area contributed by atoms with Crippen LogP contribution in [-0.4, -0.2) is 31.1 Å². The van der Waals surface area contributed by atoms with E-state index in [9.17, 15) is 0 Å². The van der Waals surface area contributed by atoms with E-state index < -0.39 is 0 Å². The van der Waals surface area contributed by atoms with Gasteiger partial charge >= 0.3 is 0 Å². The van der Waals surface area contributed by atoms with Crippen molar-refractivity contribution in [2.24, 2.45) is 11.8 Å². The molecule has 2 atom stereocenters. The molecule has 1 aliphatic heterocycles. The summed E-state index contributed by atoms with van der Waals surface area (Å²) in [5.74, 6) is 1.53. The maximum absolute atomic E-state index is 3.93. The molecule has 2 unspecified atom stereocenters. The SMILES string of the molecule is CC(C)CC(NC(C)C1CCN(C)CC1)c1ccccc1. The van der Waals surface area contributed by atoms with Crippen molar-refractivity contribution in [1.29, 1.82) is 0 Å². The van der Waals surface area contributed by atoms with Crippen LogP contribution in [0.3, 0.4) is 0 Å². The second kappa shape index (κ2) is 7.95. The molecule has 1 aromatic rings. The predicted molar refractivity (Wildman–Crippen MR) is 91.5 cm³/mol. The molecule has 0 bridgehead atoms. The smallest absolute Gasteiger partial charge is 0.0325 e. The van der Waals surface area contributed by atoms with E-state index in [0.29, 0.717) is 18.0 Å². The summed E-state index contributed by atoms with van der Waals surface area (Å²) in [5.41, 5.74) is 1.44. The Morgan fingerprint density at radius 2 is 1.71 bits per heavy atom. The van der Waals surface area contributed by atoms with Gasteiger partial charge < -0.3 is 10.2 Å². The average molecular weight is 288 g/mol. The minimum absolute atomic E-state index is 0.487. The van der Waals surface area contributed by atoms with Crippen LogP contribution in [0.5, 0.6) is 0 Å². The zero-order valence-corrected chi connectivity index (χ0v) is 14.2. The van der Waals surface area contributed by atoms with E-state index in [1.165, 1.54) is 37.9 Å². The summed E-state index contributed by atoms with van der Waals surface area (Å²) in [6, 6.07) is 12.0. The normalized spacial score (nSPS) is 20.6. The molecular weight excluding hydrogens is 256 g/mol. The van der Waals surface area contributed by atoms with Gasteiger partial charge in [0.25, 0.3) is 0 Å². The predicted octanol–water partition coefficient (Wildman–Crippen LogP) is 4.09. The lowest BCUT2D eigenvalue weighted by molar-refractivity contribution is 0.181. The first kappa shape index (κ1) is 16.5. The maximum atomic E-state index is 3.93. The molecule has 1 fully saturated rings. The maximum Gasteiger partial charge on any atom is 0.0325 e. The van der Waals surface area contributed by atoms with Crippen molar-refractivity contribution in [2.75, 3.05) is 20.1 Å². The quantitative estimate of drug-likeness (QED) is 0.848. The first-order valence-electron chi connectivity index (χ1n) is 8.55. The summed E-state index contributed by atoms with van der Waals surface area (Å²) < 4.78 is 0. The Kier molecular flexibility index (Phi) is 6.25. The molecule has 0 aliphatic carbocycles. The lowest BCUT2D eigenvalue weighted by atomic mass is 9.88. The highest BCUT2D eigenvalue weighted by Crippen LogP contribution is 2.26. The fraction of sp³-hybridized carbons (Fsp3) is 0.684. The van der Waals surface area contributed by atoms with Gasteiger partial charge in [-0.1, -0.05) is 44.2 Å². The lowest BCUT2D eigenvalue weighted by Crippen LogP contribution is -2.42. The zero-order chi connectivity index (χ0) is 15.2. The second-order valence-electron chi connectivity index (χ2n) is 7.19. The fourth-order valence-electron chi connectivity index (χ4n) is 3.44. The summed E-state index contributed by atoms with van der Waals surface area (Å²) >= 11 is 0. The number of benzene rings is 1. The van der Waals surface area contributed by atoms with Gasteiger partial charge in [0, 0.05) is 12.1 Å². The topological polar surface area (TPSA) is 15.3 Å². The molecule has 1 saturated heterocycles. The van der Waals surface area contributed by atoms with Gasteiger partial charge in [-0.2, -0.15) is 0 Å². The van der Waals surface area contributed by atoms with Gasteiger partial charge in [-0.15, -0.1) is 0 Å². The number of hydrogen-bond donors (Lipinski definition) is 1. The Labute approximate surface area is 130 Å². The molecule has 1 heterocycles. The van der Waals surface area contributed by atoms with Gasteiger partial charge in [0.2, 0.25) is 0 Å². The number of likely N-dealkylation sites (tertiary alicyclic amines) is 1. The summed E-state index contributed by atoms with van der Waals surface area (Å²) in [7, 11) is 2.24. The number of nitrogens with zero attached hydrogens (tertiary/aromatic N) is 1. The van der Waals surface area contributed by atoms with Crippen LogP contribution in [0.25, 0.3) is 0 Å². The van der Waals surface area contributed by atoms with E-state index in [2.05, 4.69) is 68.4 Å². The Bertz CT molecular complexity index is 393. The van der Waals surface area contributed by atoms with Crippen LogP contribution in [0, 0.1) is 11.8 Å². The van der Waals surface area contributed by atoms with Crippen LogP contribution in [0.4, 0.5) is 0 Å². The van der Waals surface area contributed by atoms with E-state index in [1.54, 1.807) is 0 Å². The third-order valence-electron chi connectivity index (χ3n) is 4.84. The van der Waals surface area contributed by atoms with Crippen LogP contribution in [-0.2, 0) is 0 Å². The minimum Gasteiger partial charge on any atom is -0.307 e. The molecule has 0 spiro atoms. The van der Waals surface area contributed by atoms with Gasteiger partial charge in [0.1, 0.15) is 0 Å². The molecule has 0 radical (unpaired) electrons. The number of nitrogens with one attached hydrogen (secondary N) is 1. The van der Waals surface area contributed by atoms with Crippen LogP contribution in [0.15, 0.2) is 30.3 Å². The molecule has 0 amide bonds. The van der Waals surface area contributed by atoms with Gasteiger partial charge in [0.05, 0.1) is 0 Å². The first-order valence-corrected chi connectivity index (χ1v) is 8.55. The molecular formula is C19H32N2. The molecule has 2 rings (SSSR count). The van der Waals surface area contributed by atoms with Crippen molar-refractivity contribution in [3.63, 3.8) is 0 Å². The second-order valence-corrected chi connectivity index (χ2v) is 7.19. The third-order valence-corrected chi connectivity index (χ3v) is 4.84. The van der Waals surface area contributed by atoms with Crippen molar-refractivity contribution in [1.82, 2.24) is 10.2 Å². The van der Waals surface area contributed by atoms with Crippen molar-refractivity contribution in [3.8, 4) is 0 Å². The van der Waals surface area contributed by atoms with E-state index >= 15 is 0 Å². The summed E-state index contributed by atoms with van der Waals surface area (Å²) in [6.07, 6.45) is 3.86.